The maximum Gasteiger partial charge on any atom is 0.152 e. The second-order valence-electron chi connectivity index (χ2n) is 4.92. The van der Waals surface area contributed by atoms with Gasteiger partial charge in [-0.15, -0.1) is 0 Å². The molecule has 0 aromatic heterocycles. The van der Waals surface area contributed by atoms with Crippen LogP contribution in [0.2, 0.25) is 0 Å². The van der Waals surface area contributed by atoms with Crippen molar-refractivity contribution in [2.24, 2.45) is 0 Å². The molecule has 0 aliphatic carbocycles. The number of hydrogen-bond acceptors (Lipinski definition) is 3. The Morgan fingerprint density at radius 3 is 2.50 bits per heavy atom. The number of aldehydes is 1. The molecular weight excluding hydrogens is 224 g/mol. The van der Waals surface area contributed by atoms with Crippen LogP contribution >= 0.6 is 0 Å². The molecule has 0 spiro atoms. The van der Waals surface area contributed by atoms with Gasteiger partial charge in [0.05, 0.1) is 0 Å². The van der Waals surface area contributed by atoms with Gasteiger partial charge in [-0.05, 0) is 53.0 Å². The third-order valence-electron chi connectivity index (χ3n) is 3.07. The van der Waals surface area contributed by atoms with E-state index < -0.39 is 0 Å². The number of carbonyl (C=O) groups is 1. The van der Waals surface area contributed by atoms with Crippen LogP contribution in [0.1, 0.15) is 29.3 Å². The van der Waals surface area contributed by atoms with Crippen LogP contribution in [-0.4, -0.2) is 44.9 Å². The van der Waals surface area contributed by atoms with E-state index in [4.69, 9.17) is 0 Å². The second-order valence-corrected chi connectivity index (χ2v) is 4.92. The van der Waals surface area contributed by atoms with Crippen LogP contribution in [0.15, 0.2) is 18.2 Å². The lowest BCUT2D eigenvalue weighted by Gasteiger charge is -2.25. The quantitative estimate of drug-likeness (QED) is 0.693. The van der Waals surface area contributed by atoms with Crippen LogP contribution in [-0.2, 0) is 0 Å². The Hall–Kier alpha value is -1.35. The normalized spacial score (nSPS) is 10.7. The highest BCUT2D eigenvalue weighted by Gasteiger charge is 2.09. The minimum Gasteiger partial charge on any atom is -0.371 e. The Balaban J connectivity index is 2.78. The van der Waals surface area contributed by atoms with E-state index in [1.165, 1.54) is 0 Å². The molecule has 0 atom stereocenters. The maximum atomic E-state index is 11.1. The topological polar surface area (TPSA) is 23.6 Å². The van der Waals surface area contributed by atoms with Gasteiger partial charge in [0.25, 0.3) is 0 Å². The lowest BCUT2D eigenvalue weighted by Crippen LogP contribution is -2.27. The SMILES string of the molecule is CCN(CCCN(C)C)c1ccc(C)cc1C=O. The van der Waals surface area contributed by atoms with E-state index in [1.807, 2.05) is 13.0 Å². The molecule has 0 bridgehead atoms. The van der Waals surface area contributed by atoms with Gasteiger partial charge in [-0.3, -0.25) is 4.79 Å². The molecule has 0 saturated heterocycles. The van der Waals surface area contributed by atoms with Crippen LogP contribution in [0.3, 0.4) is 0 Å². The molecule has 0 amide bonds. The molecular formula is C15H24N2O. The van der Waals surface area contributed by atoms with Crippen molar-refractivity contribution in [1.29, 1.82) is 0 Å². The second kappa shape index (κ2) is 7.17. The first kappa shape index (κ1) is 14.7. The van der Waals surface area contributed by atoms with E-state index in [2.05, 4.69) is 43.0 Å². The zero-order chi connectivity index (χ0) is 13.5. The van der Waals surface area contributed by atoms with Crippen molar-refractivity contribution in [1.82, 2.24) is 4.90 Å². The number of anilines is 1. The van der Waals surface area contributed by atoms with Gasteiger partial charge in [0, 0.05) is 24.3 Å². The summed E-state index contributed by atoms with van der Waals surface area (Å²) in [4.78, 5) is 15.6. The molecule has 3 nitrogen and oxygen atoms in total. The van der Waals surface area contributed by atoms with Crippen molar-refractivity contribution >= 4 is 12.0 Å². The van der Waals surface area contributed by atoms with Gasteiger partial charge in [-0.1, -0.05) is 11.6 Å². The van der Waals surface area contributed by atoms with Crippen molar-refractivity contribution in [3.05, 3.63) is 29.3 Å². The highest BCUT2D eigenvalue weighted by molar-refractivity contribution is 5.85. The lowest BCUT2D eigenvalue weighted by molar-refractivity contribution is 0.112. The average molecular weight is 248 g/mol. The predicted octanol–water partition coefficient (Wildman–Crippen LogP) is 2.59. The van der Waals surface area contributed by atoms with Crippen molar-refractivity contribution in [3.63, 3.8) is 0 Å². The number of aryl methyl sites for hydroxylation is 1. The summed E-state index contributed by atoms with van der Waals surface area (Å²) in [5, 5.41) is 0. The zero-order valence-electron chi connectivity index (χ0n) is 11.9. The van der Waals surface area contributed by atoms with E-state index in [1.54, 1.807) is 0 Å². The Bertz CT molecular complexity index is 388. The fourth-order valence-electron chi connectivity index (χ4n) is 2.08. The first-order valence-electron chi connectivity index (χ1n) is 6.54. The smallest absolute Gasteiger partial charge is 0.152 e. The zero-order valence-corrected chi connectivity index (χ0v) is 11.9. The molecule has 1 aromatic carbocycles. The summed E-state index contributed by atoms with van der Waals surface area (Å²) in [7, 11) is 4.16. The molecule has 0 aliphatic rings. The largest absolute Gasteiger partial charge is 0.371 e. The highest BCUT2D eigenvalue weighted by atomic mass is 16.1. The van der Waals surface area contributed by atoms with Crippen molar-refractivity contribution < 1.29 is 4.79 Å². The van der Waals surface area contributed by atoms with Crippen LogP contribution in [0.4, 0.5) is 5.69 Å². The van der Waals surface area contributed by atoms with E-state index in [0.29, 0.717) is 0 Å². The van der Waals surface area contributed by atoms with E-state index in [-0.39, 0.29) is 0 Å². The first-order valence-corrected chi connectivity index (χ1v) is 6.54. The molecule has 100 valence electrons. The van der Waals surface area contributed by atoms with Gasteiger partial charge in [0.15, 0.2) is 6.29 Å². The Kier molecular flexibility index (Phi) is 5.86. The monoisotopic (exact) mass is 248 g/mol. The van der Waals surface area contributed by atoms with Crippen molar-refractivity contribution in [2.45, 2.75) is 20.3 Å². The number of carbonyl (C=O) groups excluding carboxylic acids is 1. The minimum absolute atomic E-state index is 0.793. The van der Waals surface area contributed by atoms with E-state index >= 15 is 0 Å². The summed E-state index contributed by atoms with van der Waals surface area (Å²) < 4.78 is 0. The Morgan fingerprint density at radius 2 is 1.94 bits per heavy atom. The molecule has 3 heteroatoms. The van der Waals surface area contributed by atoms with E-state index in [0.717, 1.165) is 49.2 Å². The van der Waals surface area contributed by atoms with Gasteiger partial charge < -0.3 is 9.80 Å². The summed E-state index contributed by atoms with van der Waals surface area (Å²) >= 11 is 0. The number of hydrogen-bond donors (Lipinski definition) is 0. The molecule has 0 fully saturated rings. The lowest BCUT2D eigenvalue weighted by atomic mass is 10.1. The highest BCUT2D eigenvalue weighted by Crippen LogP contribution is 2.20. The fraction of sp³-hybridized carbons (Fsp3) is 0.533. The average Bonchev–Trinajstić information content (AvgIpc) is 2.34. The van der Waals surface area contributed by atoms with E-state index in [9.17, 15) is 4.79 Å². The summed E-state index contributed by atoms with van der Waals surface area (Å²) in [6.07, 6.45) is 2.06. The molecule has 0 N–H and O–H groups in total. The van der Waals surface area contributed by atoms with Gasteiger partial charge in [0.1, 0.15) is 0 Å². The summed E-state index contributed by atoms with van der Waals surface area (Å²) in [5.41, 5.74) is 2.98. The molecule has 1 aromatic rings. The Morgan fingerprint density at radius 1 is 1.22 bits per heavy atom. The van der Waals surface area contributed by atoms with Crippen LogP contribution in [0, 0.1) is 6.92 Å². The van der Waals surface area contributed by atoms with Gasteiger partial charge in [0.2, 0.25) is 0 Å². The third-order valence-corrected chi connectivity index (χ3v) is 3.07. The molecule has 0 unspecified atom stereocenters. The van der Waals surface area contributed by atoms with Crippen LogP contribution in [0.5, 0.6) is 0 Å². The molecule has 0 radical (unpaired) electrons. The molecule has 18 heavy (non-hydrogen) atoms. The molecule has 0 aliphatic heterocycles. The predicted molar refractivity (Wildman–Crippen MR) is 77.6 cm³/mol. The number of benzene rings is 1. The van der Waals surface area contributed by atoms with Crippen LogP contribution < -0.4 is 4.90 Å². The van der Waals surface area contributed by atoms with Gasteiger partial charge in [-0.25, -0.2) is 0 Å². The fourth-order valence-corrected chi connectivity index (χ4v) is 2.08. The molecule has 0 heterocycles. The Labute approximate surface area is 110 Å². The minimum atomic E-state index is 0.793. The van der Waals surface area contributed by atoms with Crippen LogP contribution in [0.25, 0.3) is 0 Å². The number of nitrogens with zero attached hydrogens (tertiary/aromatic N) is 2. The van der Waals surface area contributed by atoms with Crippen molar-refractivity contribution in [3.8, 4) is 0 Å². The standard InChI is InChI=1S/C15H24N2O/c1-5-17(10-6-9-16(3)4)15-8-7-13(2)11-14(15)12-18/h7-8,11-12H,5-6,9-10H2,1-4H3. The van der Waals surface area contributed by atoms with Gasteiger partial charge in [-0.2, -0.15) is 0 Å². The summed E-state index contributed by atoms with van der Waals surface area (Å²) in [5.74, 6) is 0. The molecule has 1 rings (SSSR count). The summed E-state index contributed by atoms with van der Waals surface area (Å²) in [6, 6.07) is 6.08. The molecule has 0 saturated carbocycles. The third kappa shape index (κ3) is 4.15. The number of rotatable bonds is 7. The summed E-state index contributed by atoms with van der Waals surface area (Å²) in [6.45, 7) is 7.12. The van der Waals surface area contributed by atoms with Gasteiger partial charge >= 0.3 is 0 Å². The first-order chi connectivity index (χ1) is 8.58. The van der Waals surface area contributed by atoms with Crippen molar-refractivity contribution in [2.75, 3.05) is 38.6 Å². The maximum absolute atomic E-state index is 11.1.